The van der Waals surface area contributed by atoms with Crippen LogP contribution in [0.4, 0.5) is 13.2 Å². The lowest BCUT2D eigenvalue weighted by Gasteiger charge is -2.23. The molecule has 0 spiro atoms. The molecule has 0 bridgehead atoms. The van der Waals surface area contributed by atoms with Crippen LogP contribution in [0.25, 0.3) is 28.0 Å². The van der Waals surface area contributed by atoms with Gasteiger partial charge < -0.3 is 9.64 Å². The van der Waals surface area contributed by atoms with Crippen molar-refractivity contribution in [2.45, 2.75) is 12.6 Å². The molecule has 3 aromatic carbocycles. The number of carbonyl (C=O) groups is 1. The molecule has 6 rings (SSSR count). The number of aromatic amines is 1. The van der Waals surface area contributed by atoms with Gasteiger partial charge in [0, 0.05) is 40.0 Å². The summed E-state index contributed by atoms with van der Waals surface area (Å²) >= 11 is 3.42. The Morgan fingerprint density at radius 2 is 1.84 bits per heavy atom. The van der Waals surface area contributed by atoms with E-state index in [9.17, 15) is 18.0 Å². The highest BCUT2D eigenvalue weighted by Crippen LogP contribution is 2.36. The van der Waals surface area contributed by atoms with Crippen LogP contribution >= 0.6 is 15.9 Å². The first-order valence-corrected chi connectivity index (χ1v) is 12.4. The number of H-pyrrole nitrogens is 1. The zero-order valence-corrected chi connectivity index (χ0v) is 21.1. The monoisotopic (exact) mass is 582 g/mol. The zero-order chi connectivity index (χ0) is 26.4. The Bertz CT molecular complexity index is 1650. The number of aromatic nitrogens is 5. The van der Waals surface area contributed by atoms with E-state index in [0.717, 1.165) is 16.2 Å². The highest BCUT2D eigenvalue weighted by Gasteiger charge is 2.36. The predicted molar refractivity (Wildman–Crippen MR) is 135 cm³/mol. The lowest BCUT2D eigenvalue weighted by molar-refractivity contribution is -0.128. The summed E-state index contributed by atoms with van der Waals surface area (Å²) in [7, 11) is 0. The van der Waals surface area contributed by atoms with Gasteiger partial charge in [-0.1, -0.05) is 21.1 Å². The molecule has 0 aliphatic carbocycles. The molecule has 1 aliphatic heterocycles. The molecule has 3 heterocycles. The van der Waals surface area contributed by atoms with Crippen LogP contribution in [-0.2, 0) is 16.0 Å². The van der Waals surface area contributed by atoms with Crippen molar-refractivity contribution in [1.29, 1.82) is 0 Å². The van der Waals surface area contributed by atoms with E-state index in [4.69, 9.17) is 9.84 Å². The van der Waals surface area contributed by atoms with Gasteiger partial charge in [0.15, 0.2) is 12.0 Å². The molecule has 1 atom stereocenters. The summed E-state index contributed by atoms with van der Waals surface area (Å²) in [4.78, 5) is 14.2. The molecule has 192 valence electrons. The van der Waals surface area contributed by atoms with Gasteiger partial charge in [-0.25, -0.2) is 17.9 Å². The number of rotatable bonds is 6. The molecule has 0 saturated carbocycles. The van der Waals surface area contributed by atoms with Gasteiger partial charge in [0.1, 0.15) is 29.5 Å². The maximum Gasteiger partial charge on any atom is 0.250 e. The number of benzene rings is 3. The molecule has 8 nitrogen and oxygen atoms in total. The van der Waals surface area contributed by atoms with Crippen LogP contribution in [0.1, 0.15) is 17.4 Å². The summed E-state index contributed by atoms with van der Waals surface area (Å²) in [5, 5.41) is 14.3. The van der Waals surface area contributed by atoms with Crippen molar-refractivity contribution in [3.05, 3.63) is 93.8 Å². The Labute approximate surface area is 222 Å². The van der Waals surface area contributed by atoms with Crippen molar-refractivity contribution in [3.8, 4) is 16.9 Å². The maximum absolute atomic E-state index is 14.9. The fraction of sp³-hybridized carbons (Fsp3) is 0.154. The first-order chi connectivity index (χ1) is 18.4. The van der Waals surface area contributed by atoms with Gasteiger partial charge in [-0.3, -0.25) is 9.89 Å². The lowest BCUT2D eigenvalue weighted by Crippen LogP contribution is -2.31. The smallest absolute Gasteiger partial charge is 0.250 e. The molecular weight excluding hydrogens is 565 g/mol. The highest BCUT2D eigenvalue weighted by atomic mass is 79.9. The Balaban J connectivity index is 1.36. The molecular formula is C26H18BrF3N6O2. The molecule has 1 N–H and O–H groups in total. The number of hydrogen-bond acceptors (Lipinski definition) is 5. The molecule has 1 aliphatic rings. The van der Waals surface area contributed by atoms with E-state index in [1.165, 1.54) is 17.0 Å². The lowest BCUT2D eigenvalue weighted by atomic mass is 10.1. The first kappa shape index (κ1) is 24.3. The van der Waals surface area contributed by atoms with Crippen LogP contribution < -0.4 is 0 Å². The molecule has 38 heavy (non-hydrogen) atoms. The van der Waals surface area contributed by atoms with E-state index in [-0.39, 0.29) is 42.1 Å². The van der Waals surface area contributed by atoms with Gasteiger partial charge in [-0.2, -0.15) is 5.10 Å². The molecule has 12 heteroatoms. The third-order valence-electron chi connectivity index (χ3n) is 6.40. The minimum Gasteiger partial charge on any atom is -0.344 e. The highest BCUT2D eigenvalue weighted by molar-refractivity contribution is 9.10. The van der Waals surface area contributed by atoms with Crippen molar-refractivity contribution >= 4 is 32.9 Å². The van der Waals surface area contributed by atoms with E-state index < -0.39 is 23.7 Å². The molecule has 0 radical (unpaired) electrons. The standard InChI is InChI=1S/C26H18BrF3N6O2/c27-15-3-7-17(8-4-15)36-12-19(24(33-36)14-1-5-16(28)6-2-14)26-35(22(37)13-38-26)10-9-18-20(29)11-21-25(23(18)30)32-34-31-21/h1-8,11-12,26H,9-10,13H2,(H,31,32,34). The summed E-state index contributed by atoms with van der Waals surface area (Å²) in [6.45, 7) is -0.225. The summed E-state index contributed by atoms with van der Waals surface area (Å²) in [5.41, 5.74) is 2.28. The van der Waals surface area contributed by atoms with E-state index >= 15 is 0 Å². The topological polar surface area (TPSA) is 88.9 Å². The number of fused-ring (bicyclic) bond motifs is 1. The van der Waals surface area contributed by atoms with E-state index in [1.54, 1.807) is 23.0 Å². The number of halogens is 4. The third kappa shape index (κ3) is 4.35. The molecule has 1 amide bonds. The Morgan fingerprint density at radius 1 is 1.08 bits per heavy atom. The number of nitrogens with one attached hydrogen (secondary N) is 1. The van der Waals surface area contributed by atoms with Crippen molar-refractivity contribution < 1.29 is 22.7 Å². The number of hydrogen-bond donors (Lipinski definition) is 1. The SMILES string of the molecule is O=C1COC(c2cn(-c3ccc(Br)cc3)nc2-c2ccc(F)cc2)N1CCc1c(F)cc2[nH]nnc2c1F. The van der Waals surface area contributed by atoms with Crippen molar-refractivity contribution in [3.63, 3.8) is 0 Å². The zero-order valence-electron chi connectivity index (χ0n) is 19.5. The molecule has 5 aromatic rings. The number of amides is 1. The summed E-state index contributed by atoms with van der Waals surface area (Å²) in [6, 6.07) is 14.4. The first-order valence-electron chi connectivity index (χ1n) is 11.6. The van der Waals surface area contributed by atoms with Crippen LogP contribution in [0.5, 0.6) is 0 Å². The normalized spacial score (nSPS) is 15.6. The van der Waals surface area contributed by atoms with Crippen LogP contribution in [0, 0.1) is 17.5 Å². The van der Waals surface area contributed by atoms with Crippen molar-refractivity contribution in [2.24, 2.45) is 0 Å². The third-order valence-corrected chi connectivity index (χ3v) is 6.92. The second kappa shape index (κ2) is 9.69. The van der Waals surface area contributed by atoms with Crippen LogP contribution in [-0.4, -0.2) is 49.1 Å². The van der Waals surface area contributed by atoms with E-state index in [2.05, 4.69) is 31.3 Å². The van der Waals surface area contributed by atoms with Crippen LogP contribution in [0.2, 0.25) is 0 Å². The van der Waals surface area contributed by atoms with Gasteiger partial charge in [0.05, 0.1) is 11.2 Å². The summed E-state index contributed by atoms with van der Waals surface area (Å²) in [6.07, 6.45) is 0.758. The quantitative estimate of drug-likeness (QED) is 0.301. The molecule has 1 unspecified atom stereocenters. The second-order valence-corrected chi connectivity index (χ2v) is 9.64. The van der Waals surface area contributed by atoms with Crippen molar-refractivity contribution in [2.75, 3.05) is 13.2 Å². The number of ether oxygens (including phenoxy) is 1. The summed E-state index contributed by atoms with van der Waals surface area (Å²) in [5.74, 6) is -2.32. The summed E-state index contributed by atoms with van der Waals surface area (Å²) < 4.78 is 51.7. The minimum atomic E-state index is -0.867. The molecule has 1 saturated heterocycles. The van der Waals surface area contributed by atoms with Crippen LogP contribution in [0.15, 0.2) is 65.3 Å². The Kier molecular flexibility index (Phi) is 6.20. The average Bonchev–Trinajstić information content (AvgIpc) is 3.64. The largest absolute Gasteiger partial charge is 0.344 e. The minimum absolute atomic E-state index is 0.0208. The second-order valence-electron chi connectivity index (χ2n) is 8.72. The number of carbonyl (C=O) groups excluding carboxylic acids is 1. The molecule has 1 fully saturated rings. The van der Waals surface area contributed by atoms with Gasteiger partial charge in [-0.15, -0.1) is 5.10 Å². The van der Waals surface area contributed by atoms with E-state index in [1.807, 2.05) is 24.3 Å². The Morgan fingerprint density at radius 3 is 2.61 bits per heavy atom. The van der Waals surface area contributed by atoms with Gasteiger partial charge in [0.2, 0.25) is 0 Å². The van der Waals surface area contributed by atoms with Gasteiger partial charge in [0.25, 0.3) is 5.91 Å². The molecule has 2 aromatic heterocycles. The Hall–Kier alpha value is -4.03. The fourth-order valence-corrected chi connectivity index (χ4v) is 4.77. The predicted octanol–water partition coefficient (Wildman–Crippen LogP) is 5.09. The van der Waals surface area contributed by atoms with Gasteiger partial charge in [-0.05, 0) is 55.0 Å². The van der Waals surface area contributed by atoms with Crippen LogP contribution in [0.3, 0.4) is 0 Å². The average molecular weight is 583 g/mol. The van der Waals surface area contributed by atoms with E-state index in [0.29, 0.717) is 16.8 Å². The van der Waals surface area contributed by atoms with Gasteiger partial charge >= 0.3 is 0 Å². The number of nitrogens with zero attached hydrogens (tertiary/aromatic N) is 5. The van der Waals surface area contributed by atoms with Crippen molar-refractivity contribution in [1.82, 2.24) is 30.1 Å². The maximum atomic E-state index is 14.9. The fourth-order valence-electron chi connectivity index (χ4n) is 4.50.